The summed E-state index contributed by atoms with van der Waals surface area (Å²) in [5, 5.41) is 1.000. The zero-order chi connectivity index (χ0) is 9.42. The minimum atomic E-state index is 0.781. The lowest BCUT2D eigenvalue weighted by Crippen LogP contribution is -1.92. The molecule has 1 heterocycles. The van der Waals surface area contributed by atoms with Crippen molar-refractivity contribution < 1.29 is 0 Å². The fourth-order valence-electron chi connectivity index (χ4n) is 1.37. The van der Waals surface area contributed by atoms with Gasteiger partial charge in [0.15, 0.2) is 0 Å². The third-order valence-electron chi connectivity index (χ3n) is 1.95. The van der Waals surface area contributed by atoms with Crippen LogP contribution in [0.25, 0.3) is 10.9 Å². The summed E-state index contributed by atoms with van der Waals surface area (Å²) in [6, 6.07) is 7.78. The van der Waals surface area contributed by atoms with Gasteiger partial charge in [0.2, 0.25) is 0 Å². The molecule has 0 aliphatic carbocycles. The highest BCUT2D eigenvalue weighted by Crippen LogP contribution is 2.26. The van der Waals surface area contributed by atoms with Crippen LogP contribution in [0, 0.1) is 6.92 Å². The third kappa shape index (κ3) is 1.40. The Labute approximate surface area is 84.9 Å². The van der Waals surface area contributed by atoms with E-state index in [1.165, 1.54) is 0 Å². The average molecular weight is 237 g/mol. The van der Waals surface area contributed by atoms with Crippen molar-refractivity contribution in [2.24, 2.45) is 0 Å². The number of aryl methyl sites for hydroxylation is 1. The summed E-state index contributed by atoms with van der Waals surface area (Å²) in [6.07, 6.45) is 0. The average Bonchev–Trinajstić information content (AvgIpc) is 2.07. The van der Waals surface area contributed by atoms with Crippen molar-refractivity contribution in [1.82, 2.24) is 4.98 Å². The lowest BCUT2D eigenvalue weighted by molar-refractivity contribution is 1.25. The lowest BCUT2D eigenvalue weighted by Gasteiger charge is -2.04. The molecule has 3 heteroatoms. The number of para-hydroxylation sites is 1. The van der Waals surface area contributed by atoms with Crippen LogP contribution in [0.3, 0.4) is 0 Å². The second-order valence-corrected chi connectivity index (χ2v) is 3.84. The number of fused-ring (bicyclic) bond motifs is 1. The molecule has 0 aliphatic rings. The predicted octanol–water partition coefficient (Wildman–Crippen LogP) is 2.89. The maximum atomic E-state index is 5.87. The molecular formula is C10H9BrN2. The summed E-state index contributed by atoms with van der Waals surface area (Å²) in [5.41, 5.74) is 8.52. The normalized spacial score (nSPS) is 10.6. The maximum absolute atomic E-state index is 5.87. The number of halogens is 1. The summed E-state index contributed by atoms with van der Waals surface area (Å²) in [6.45, 7) is 1.94. The number of nitrogen functional groups attached to an aromatic ring is 1. The molecule has 66 valence electrons. The first-order valence-corrected chi connectivity index (χ1v) is 4.79. The molecule has 1 aromatic carbocycles. The van der Waals surface area contributed by atoms with Crippen LogP contribution >= 0.6 is 15.9 Å². The monoisotopic (exact) mass is 236 g/mol. The van der Waals surface area contributed by atoms with Crippen LogP contribution in [-0.4, -0.2) is 4.98 Å². The summed E-state index contributed by atoms with van der Waals surface area (Å²) < 4.78 is 0.986. The van der Waals surface area contributed by atoms with E-state index in [9.17, 15) is 0 Å². The van der Waals surface area contributed by atoms with E-state index in [4.69, 9.17) is 5.73 Å². The molecule has 2 aromatic rings. The highest BCUT2D eigenvalue weighted by molar-refractivity contribution is 9.10. The SMILES string of the molecule is Cc1cc(N)c2cccc(Br)c2n1. The smallest absolute Gasteiger partial charge is 0.0867 e. The summed E-state index contributed by atoms with van der Waals surface area (Å²) in [7, 11) is 0. The Bertz CT molecular complexity index is 466. The molecule has 0 spiro atoms. The van der Waals surface area contributed by atoms with Crippen molar-refractivity contribution in [3.8, 4) is 0 Å². The minimum Gasteiger partial charge on any atom is -0.398 e. The molecule has 0 amide bonds. The topological polar surface area (TPSA) is 38.9 Å². The number of aromatic nitrogens is 1. The molecule has 0 unspecified atom stereocenters. The van der Waals surface area contributed by atoms with Crippen molar-refractivity contribution >= 4 is 32.5 Å². The molecule has 0 atom stereocenters. The summed E-state index contributed by atoms with van der Waals surface area (Å²) >= 11 is 3.45. The van der Waals surface area contributed by atoms with Crippen LogP contribution in [0.15, 0.2) is 28.7 Å². The first-order valence-electron chi connectivity index (χ1n) is 4.00. The van der Waals surface area contributed by atoms with E-state index in [1.54, 1.807) is 0 Å². The molecule has 0 saturated heterocycles. The van der Waals surface area contributed by atoms with Crippen LogP contribution in [0.4, 0.5) is 5.69 Å². The standard InChI is InChI=1S/C10H9BrN2/c1-6-5-9(12)7-3-2-4-8(11)10(7)13-6/h2-5H,1H3,(H2,12,13). The van der Waals surface area contributed by atoms with Gasteiger partial charge in [0.05, 0.1) is 5.52 Å². The van der Waals surface area contributed by atoms with E-state index in [0.717, 1.165) is 26.8 Å². The van der Waals surface area contributed by atoms with Crippen LogP contribution in [0.5, 0.6) is 0 Å². The molecule has 2 N–H and O–H groups in total. The molecule has 0 saturated carbocycles. The fourth-order valence-corrected chi connectivity index (χ4v) is 1.83. The van der Waals surface area contributed by atoms with E-state index in [0.29, 0.717) is 0 Å². The van der Waals surface area contributed by atoms with Gasteiger partial charge in [-0.25, -0.2) is 0 Å². The quantitative estimate of drug-likeness (QED) is 0.765. The Hall–Kier alpha value is -1.09. The van der Waals surface area contributed by atoms with Gasteiger partial charge >= 0.3 is 0 Å². The second kappa shape index (κ2) is 3.00. The van der Waals surface area contributed by atoms with Crippen LogP contribution in [0.2, 0.25) is 0 Å². The van der Waals surface area contributed by atoms with Crippen LogP contribution in [-0.2, 0) is 0 Å². The highest BCUT2D eigenvalue weighted by Gasteiger charge is 2.03. The van der Waals surface area contributed by atoms with Crippen LogP contribution < -0.4 is 5.73 Å². The van der Waals surface area contributed by atoms with E-state index < -0.39 is 0 Å². The number of nitrogens with zero attached hydrogens (tertiary/aromatic N) is 1. The number of hydrogen-bond acceptors (Lipinski definition) is 2. The van der Waals surface area contributed by atoms with Crippen molar-refractivity contribution in [3.63, 3.8) is 0 Å². The fraction of sp³-hybridized carbons (Fsp3) is 0.100. The summed E-state index contributed by atoms with van der Waals surface area (Å²) in [4.78, 5) is 4.41. The number of hydrogen-bond donors (Lipinski definition) is 1. The lowest BCUT2D eigenvalue weighted by atomic mass is 10.2. The van der Waals surface area contributed by atoms with Gasteiger partial charge in [0, 0.05) is 21.2 Å². The second-order valence-electron chi connectivity index (χ2n) is 2.99. The molecule has 2 rings (SSSR count). The number of benzene rings is 1. The van der Waals surface area contributed by atoms with Gasteiger partial charge in [-0.15, -0.1) is 0 Å². The molecule has 0 radical (unpaired) electrons. The first-order chi connectivity index (χ1) is 6.18. The molecule has 2 nitrogen and oxygen atoms in total. The van der Waals surface area contributed by atoms with E-state index >= 15 is 0 Å². The van der Waals surface area contributed by atoms with E-state index in [1.807, 2.05) is 31.2 Å². The third-order valence-corrected chi connectivity index (χ3v) is 2.59. The van der Waals surface area contributed by atoms with Gasteiger partial charge in [-0.05, 0) is 35.0 Å². The van der Waals surface area contributed by atoms with Gasteiger partial charge in [0.1, 0.15) is 0 Å². The molecule has 0 aliphatic heterocycles. The Balaban J connectivity index is 2.94. The molecule has 1 aromatic heterocycles. The molecule has 0 fully saturated rings. The Morgan fingerprint density at radius 1 is 1.38 bits per heavy atom. The zero-order valence-corrected chi connectivity index (χ0v) is 8.80. The number of pyridine rings is 1. The van der Waals surface area contributed by atoms with Crippen LogP contribution in [0.1, 0.15) is 5.69 Å². The maximum Gasteiger partial charge on any atom is 0.0867 e. The largest absolute Gasteiger partial charge is 0.398 e. The van der Waals surface area contributed by atoms with Gasteiger partial charge in [-0.2, -0.15) is 0 Å². The Morgan fingerprint density at radius 2 is 2.15 bits per heavy atom. The van der Waals surface area contributed by atoms with Crippen molar-refractivity contribution in [2.75, 3.05) is 5.73 Å². The Morgan fingerprint density at radius 3 is 2.92 bits per heavy atom. The highest BCUT2D eigenvalue weighted by atomic mass is 79.9. The predicted molar refractivity (Wildman–Crippen MR) is 58.6 cm³/mol. The molecule has 13 heavy (non-hydrogen) atoms. The van der Waals surface area contributed by atoms with E-state index in [2.05, 4.69) is 20.9 Å². The Kier molecular flexibility index (Phi) is 1.96. The first kappa shape index (κ1) is 8.51. The van der Waals surface area contributed by atoms with Crippen molar-refractivity contribution in [2.45, 2.75) is 6.92 Å². The van der Waals surface area contributed by atoms with Gasteiger partial charge in [0.25, 0.3) is 0 Å². The van der Waals surface area contributed by atoms with Crippen molar-refractivity contribution in [1.29, 1.82) is 0 Å². The number of rotatable bonds is 0. The number of nitrogens with two attached hydrogens (primary N) is 1. The van der Waals surface area contributed by atoms with E-state index in [-0.39, 0.29) is 0 Å². The van der Waals surface area contributed by atoms with Gasteiger partial charge in [-0.3, -0.25) is 4.98 Å². The minimum absolute atomic E-state index is 0.781. The summed E-state index contributed by atoms with van der Waals surface area (Å²) in [5.74, 6) is 0. The van der Waals surface area contributed by atoms with Crippen molar-refractivity contribution in [3.05, 3.63) is 34.4 Å². The zero-order valence-electron chi connectivity index (χ0n) is 7.21. The molecular weight excluding hydrogens is 228 g/mol. The number of anilines is 1. The van der Waals surface area contributed by atoms with Gasteiger partial charge in [-0.1, -0.05) is 12.1 Å². The molecule has 0 bridgehead atoms. The van der Waals surface area contributed by atoms with Gasteiger partial charge < -0.3 is 5.73 Å².